The molecule has 0 aromatic heterocycles. The van der Waals surface area contributed by atoms with Gasteiger partial charge in [0.15, 0.2) is 0 Å². The summed E-state index contributed by atoms with van der Waals surface area (Å²) >= 11 is 0. The summed E-state index contributed by atoms with van der Waals surface area (Å²) in [6, 6.07) is 18.3. The van der Waals surface area contributed by atoms with Gasteiger partial charge < -0.3 is 14.7 Å². The largest absolute Gasteiger partial charge is 0.492 e. The summed E-state index contributed by atoms with van der Waals surface area (Å²) in [4.78, 5) is 2.35. The molecule has 3 nitrogen and oxygen atoms in total. The zero-order valence-corrected chi connectivity index (χ0v) is 17.4. The van der Waals surface area contributed by atoms with Crippen molar-refractivity contribution in [3.05, 3.63) is 65.7 Å². The van der Waals surface area contributed by atoms with Gasteiger partial charge in [0, 0.05) is 6.54 Å². The first-order chi connectivity index (χ1) is 13.7. The van der Waals surface area contributed by atoms with Crippen LogP contribution in [-0.4, -0.2) is 36.2 Å². The second-order valence-electron chi connectivity index (χ2n) is 7.87. The SMILES string of the molecule is CCN(CC)CCOc1ccc(C(O)(c2ccccc2)C2CCCCC2)cc1. The molecule has 1 aliphatic rings. The summed E-state index contributed by atoms with van der Waals surface area (Å²) in [6.45, 7) is 8.06. The predicted molar refractivity (Wildman–Crippen MR) is 116 cm³/mol. The maximum Gasteiger partial charge on any atom is 0.119 e. The highest BCUT2D eigenvalue weighted by Crippen LogP contribution is 2.44. The Morgan fingerprint density at radius 1 is 0.893 bits per heavy atom. The number of hydrogen-bond donors (Lipinski definition) is 1. The zero-order valence-electron chi connectivity index (χ0n) is 17.4. The van der Waals surface area contributed by atoms with E-state index < -0.39 is 5.60 Å². The van der Waals surface area contributed by atoms with Crippen LogP contribution in [0.5, 0.6) is 5.75 Å². The van der Waals surface area contributed by atoms with E-state index in [9.17, 15) is 5.11 Å². The molecule has 0 amide bonds. The molecule has 0 bridgehead atoms. The highest BCUT2D eigenvalue weighted by atomic mass is 16.5. The Labute approximate surface area is 170 Å². The molecule has 28 heavy (non-hydrogen) atoms. The molecular formula is C25H35NO2. The van der Waals surface area contributed by atoms with E-state index in [-0.39, 0.29) is 5.92 Å². The number of nitrogens with zero attached hydrogens (tertiary/aromatic N) is 1. The van der Waals surface area contributed by atoms with Crippen LogP contribution in [0.3, 0.4) is 0 Å². The molecule has 0 heterocycles. The first-order valence-electron chi connectivity index (χ1n) is 10.9. The fraction of sp³-hybridized carbons (Fsp3) is 0.520. The normalized spacial score (nSPS) is 17.4. The van der Waals surface area contributed by atoms with Gasteiger partial charge in [-0.2, -0.15) is 0 Å². The molecular weight excluding hydrogens is 346 g/mol. The molecule has 1 atom stereocenters. The lowest BCUT2D eigenvalue weighted by Crippen LogP contribution is -2.37. The van der Waals surface area contributed by atoms with E-state index in [1.165, 1.54) is 19.3 Å². The number of benzene rings is 2. The van der Waals surface area contributed by atoms with Crippen molar-refractivity contribution in [2.75, 3.05) is 26.2 Å². The smallest absolute Gasteiger partial charge is 0.119 e. The monoisotopic (exact) mass is 381 g/mol. The van der Waals surface area contributed by atoms with Gasteiger partial charge in [0.2, 0.25) is 0 Å². The highest BCUT2D eigenvalue weighted by molar-refractivity contribution is 5.39. The van der Waals surface area contributed by atoms with Gasteiger partial charge in [-0.1, -0.05) is 75.6 Å². The van der Waals surface area contributed by atoms with Crippen molar-refractivity contribution < 1.29 is 9.84 Å². The van der Waals surface area contributed by atoms with Gasteiger partial charge in [-0.25, -0.2) is 0 Å². The van der Waals surface area contributed by atoms with Gasteiger partial charge in [0.1, 0.15) is 18.0 Å². The Bertz CT molecular complexity index is 690. The summed E-state index contributed by atoms with van der Waals surface area (Å²) < 4.78 is 5.94. The van der Waals surface area contributed by atoms with E-state index in [0.29, 0.717) is 6.61 Å². The maximum absolute atomic E-state index is 11.9. The van der Waals surface area contributed by atoms with Crippen molar-refractivity contribution in [1.82, 2.24) is 4.90 Å². The predicted octanol–water partition coefficient (Wildman–Crippen LogP) is 5.22. The van der Waals surface area contributed by atoms with Crippen molar-refractivity contribution >= 4 is 0 Å². The fourth-order valence-corrected chi connectivity index (χ4v) is 4.49. The van der Waals surface area contributed by atoms with Crippen LogP contribution in [0.25, 0.3) is 0 Å². The second-order valence-corrected chi connectivity index (χ2v) is 7.87. The number of ether oxygens (including phenoxy) is 1. The molecule has 1 unspecified atom stereocenters. The van der Waals surface area contributed by atoms with Crippen molar-refractivity contribution in [2.24, 2.45) is 5.92 Å². The van der Waals surface area contributed by atoms with Gasteiger partial charge in [0.05, 0.1) is 0 Å². The maximum atomic E-state index is 11.9. The van der Waals surface area contributed by atoms with E-state index in [4.69, 9.17) is 4.74 Å². The number of rotatable bonds is 9. The van der Waals surface area contributed by atoms with Crippen LogP contribution in [0.15, 0.2) is 54.6 Å². The summed E-state index contributed by atoms with van der Waals surface area (Å²) in [6.07, 6.45) is 5.83. The molecule has 152 valence electrons. The van der Waals surface area contributed by atoms with E-state index in [0.717, 1.165) is 49.4 Å². The highest BCUT2D eigenvalue weighted by Gasteiger charge is 2.40. The van der Waals surface area contributed by atoms with Crippen LogP contribution in [0.2, 0.25) is 0 Å². The fourth-order valence-electron chi connectivity index (χ4n) is 4.49. The zero-order chi connectivity index (χ0) is 19.8. The Morgan fingerprint density at radius 2 is 1.50 bits per heavy atom. The molecule has 2 aromatic carbocycles. The molecule has 3 rings (SSSR count). The molecule has 1 N–H and O–H groups in total. The molecule has 0 spiro atoms. The number of likely N-dealkylation sites (N-methyl/N-ethyl adjacent to an activating group) is 1. The third-order valence-corrected chi connectivity index (χ3v) is 6.27. The standard InChI is InChI=1S/C25H35NO2/c1-3-26(4-2)19-20-28-24-17-15-23(16-18-24)25(27,21-11-7-5-8-12-21)22-13-9-6-10-14-22/h5,7-8,11-12,15-18,22,27H,3-4,6,9-10,13-14,19-20H2,1-2H3. The van der Waals surface area contributed by atoms with Crippen LogP contribution >= 0.6 is 0 Å². The quantitative estimate of drug-likeness (QED) is 0.646. The molecule has 0 radical (unpaired) electrons. The van der Waals surface area contributed by atoms with Crippen LogP contribution in [0, 0.1) is 5.92 Å². The minimum absolute atomic E-state index is 0.262. The van der Waals surface area contributed by atoms with E-state index in [2.05, 4.69) is 30.9 Å². The number of aliphatic hydroxyl groups is 1. The topological polar surface area (TPSA) is 32.7 Å². The first-order valence-corrected chi connectivity index (χ1v) is 10.9. The van der Waals surface area contributed by atoms with Crippen LogP contribution in [-0.2, 0) is 5.60 Å². The van der Waals surface area contributed by atoms with Crippen molar-refractivity contribution in [3.8, 4) is 5.75 Å². The summed E-state index contributed by atoms with van der Waals surface area (Å²) in [5, 5.41) is 11.9. The lowest BCUT2D eigenvalue weighted by Gasteiger charge is -2.39. The summed E-state index contributed by atoms with van der Waals surface area (Å²) in [5.74, 6) is 1.13. The minimum atomic E-state index is -0.929. The molecule has 1 aliphatic carbocycles. The molecule has 0 aliphatic heterocycles. The Hall–Kier alpha value is -1.84. The van der Waals surface area contributed by atoms with Crippen molar-refractivity contribution in [1.29, 1.82) is 0 Å². The summed E-state index contributed by atoms with van der Waals surface area (Å²) in [5.41, 5.74) is 1.04. The van der Waals surface area contributed by atoms with Crippen molar-refractivity contribution in [3.63, 3.8) is 0 Å². The Kier molecular flexibility index (Phi) is 7.52. The molecule has 2 aromatic rings. The van der Waals surface area contributed by atoms with Gasteiger partial charge >= 0.3 is 0 Å². The van der Waals surface area contributed by atoms with E-state index in [1.54, 1.807) is 0 Å². The average Bonchev–Trinajstić information content (AvgIpc) is 2.78. The lowest BCUT2D eigenvalue weighted by molar-refractivity contribution is -0.000751. The van der Waals surface area contributed by atoms with E-state index in [1.807, 2.05) is 42.5 Å². The molecule has 3 heteroatoms. The van der Waals surface area contributed by atoms with Crippen molar-refractivity contribution in [2.45, 2.75) is 51.6 Å². The van der Waals surface area contributed by atoms with Crippen LogP contribution in [0.4, 0.5) is 0 Å². The third-order valence-electron chi connectivity index (χ3n) is 6.27. The Morgan fingerprint density at radius 3 is 2.11 bits per heavy atom. The van der Waals surface area contributed by atoms with Crippen LogP contribution < -0.4 is 4.74 Å². The lowest BCUT2D eigenvalue weighted by atomic mass is 9.70. The van der Waals surface area contributed by atoms with Gasteiger partial charge in [-0.05, 0) is 55.1 Å². The van der Waals surface area contributed by atoms with Gasteiger partial charge in [0.25, 0.3) is 0 Å². The van der Waals surface area contributed by atoms with Gasteiger partial charge in [-0.15, -0.1) is 0 Å². The molecule has 1 saturated carbocycles. The average molecular weight is 382 g/mol. The Balaban J connectivity index is 1.77. The molecule has 1 fully saturated rings. The first kappa shape index (κ1) is 20.9. The minimum Gasteiger partial charge on any atom is -0.492 e. The second kappa shape index (κ2) is 10.1. The number of hydrogen-bond acceptors (Lipinski definition) is 3. The molecule has 0 saturated heterocycles. The summed E-state index contributed by atoms with van der Waals surface area (Å²) in [7, 11) is 0. The van der Waals surface area contributed by atoms with Crippen LogP contribution in [0.1, 0.15) is 57.1 Å². The third kappa shape index (κ3) is 4.76. The van der Waals surface area contributed by atoms with Gasteiger partial charge in [-0.3, -0.25) is 0 Å². The van der Waals surface area contributed by atoms with E-state index >= 15 is 0 Å².